The van der Waals surface area contributed by atoms with Gasteiger partial charge in [0.05, 0.1) is 11.3 Å². The standard InChI is InChI=1S/C17H16I3NO2/c1-3-21(4-2)16-13(19)9-12(18)14(15(16)20)10-6-5-7-11(8-10)17(22)23/h5-9H,3-4H2,1-2H3,(H,22,23). The molecule has 0 amide bonds. The highest BCUT2D eigenvalue weighted by atomic mass is 127. The molecule has 0 aliphatic carbocycles. The Morgan fingerprint density at radius 3 is 2.30 bits per heavy atom. The van der Waals surface area contributed by atoms with Crippen LogP contribution in [0.25, 0.3) is 11.1 Å². The van der Waals surface area contributed by atoms with Crippen LogP contribution in [0.15, 0.2) is 30.3 Å². The number of carboxylic acids is 1. The van der Waals surface area contributed by atoms with Crippen LogP contribution in [0.3, 0.4) is 0 Å². The number of anilines is 1. The molecule has 122 valence electrons. The first kappa shape index (κ1) is 19.2. The smallest absolute Gasteiger partial charge is 0.335 e. The van der Waals surface area contributed by atoms with Crippen molar-refractivity contribution in [3.8, 4) is 11.1 Å². The molecule has 0 bridgehead atoms. The maximum atomic E-state index is 11.3. The predicted octanol–water partition coefficient (Wildman–Crippen LogP) is 5.71. The Hall–Kier alpha value is -0.100. The first-order valence-electron chi connectivity index (χ1n) is 7.16. The van der Waals surface area contributed by atoms with Crippen LogP contribution >= 0.6 is 67.8 Å². The van der Waals surface area contributed by atoms with Crippen molar-refractivity contribution in [3.63, 3.8) is 0 Å². The van der Waals surface area contributed by atoms with Crippen molar-refractivity contribution in [2.24, 2.45) is 0 Å². The Labute approximate surface area is 177 Å². The largest absolute Gasteiger partial charge is 0.478 e. The summed E-state index contributed by atoms with van der Waals surface area (Å²) in [6, 6.07) is 9.33. The number of carbonyl (C=O) groups is 1. The number of nitrogens with zero attached hydrogens (tertiary/aromatic N) is 1. The summed E-state index contributed by atoms with van der Waals surface area (Å²) in [7, 11) is 0. The van der Waals surface area contributed by atoms with Gasteiger partial charge in [-0.25, -0.2) is 4.79 Å². The molecule has 6 heteroatoms. The molecule has 0 aliphatic rings. The molecule has 2 aromatic rings. The fourth-order valence-corrected chi connectivity index (χ4v) is 7.16. The van der Waals surface area contributed by atoms with E-state index in [1.807, 2.05) is 6.07 Å². The lowest BCUT2D eigenvalue weighted by atomic mass is 10.0. The lowest BCUT2D eigenvalue weighted by Crippen LogP contribution is -2.24. The molecule has 23 heavy (non-hydrogen) atoms. The Morgan fingerprint density at radius 1 is 1.09 bits per heavy atom. The van der Waals surface area contributed by atoms with Crippen molar-refractivity contribution in [1.82, 2.24) is 0 Å². The predicted molar refractivity (Wildman–Crippen MR) is 121 cm³/mol. The molecule has 0 radical (unpaired) electrons. The SMILES string of the molecule is CCN(CC)c1c(I)cc(I)c(-c2cccc(C(=O)O)c2)c1I. The van der Waals surface area contributed by atoms with Crippen LogP contribution in [0, 0.1) is 10.7 Å². The number of hydrogen-bond donors (Lipinski definition) is 1. The number of benzene rings is 2. The van der Waals surface area contributed by atoms with E-state index in [4.69, 9.17) is 0 Å². The zero-order chi connectivity index (χ0) is 17.1. The zero-order valence-corrected chi connectivity index (χ0v) is 19.2. The van der Waals surface area contributed by atoms with E-state index in [0.717, 1.165) is 27.8 Å². The van der Waals surface area contributed by atoms with Crippen LogP contribution in [0.1, 0.15) is 24.2 Å². The first-order chi connectivity index (χ1) is 10.9. The summed E-state index contributed by atoms with van der Waals surface area (Å²) in [5.74, 6) is -0.897. The quantitative estimate of drug-likeness (QED) is 0.423. The van der Waals surface area contributed by atoms with Crippen LogP contribution < -0.4 is 4.90 Å². The molecule has 0 fully saturated rings. The fraction of sp³-hybridized carbons (Fsp3) is 0.235. The Kier molecular flexibility index (Phi) is 6.96. The molecule has 2 rings (SSSR count). The summed E-state index contributed by atoms with van der Waals surface area (Å²) in [6.07, 6.45) is 0. The molecule has 1 N–H and O–H groups in total. The van der Waals surface area contributed by atoms with Crippen LogP contribution in [0.5, 0.6) is 0 Å². The van der Waals surface area contributed by atoms with Crippen molar-refractivity contribution in [3.05, 3.63) is 46.6 Å². The molecule has 0 aromatic heterocycles. The van der Waals surface area contributed by atoms with Crippen LogP contribution in [-0.4, -0.2) is 24.2 Å². The van der Waals surface area contributed by atoms with Crippen LogP contribution in [0.2, 0.25) is 0 Å². The van der Waals surface area contributed by atoms with Crippen molar-refractivity contribution in [2.45, 2.75) is 13.8 Å². The average Bonchev–Trinajstić information content (AvgIpc) is 2.51. The molecular weight excluding hydrogens is 631 g/mol. The van der Waals surface area contributed by atoms with E-state index in [2.05, 4.69) is 92.6 Å². The summed E-state index contributed by atoms with van der Waals surface area (Å²) in [6.45, 7) is 6.19. The highest BCUT2D eigenvalue weighted by Crippen LogP contribution is 2.39. The molecule has 0 spiro atoms. The summed E-state index contributed by atoms with van der Waals surface area (Å²) in [5.41, 5.74) is 3.60. The van der Waals surface area contributed by atoms with Crippen molar-refractivity contribution >= 4 is 79.4 Å². The second kappa shape index (κ2) is 8.32. The number of halogens is 3. The highest BCUT2D eigenvalue weighted by molar-refractivity contribution is 14.1. The van der Waals surface area contributed by atoms with Crippen LogP contribution in [-0.2, 0) is 0 Å². The zero-order valence-electron chi connectivity index (χ0n) is 12.7. The molecule has 0 saturated carbocycles. The van der Waals surface area contributed by atoms with E-state index in [1.165, 1.54) is 12.8 Å². The second-order valence-electron chi connectivity index (χ2n) is 4.94. The number of rotatable bonds is 5. The minimum atomic E-state index is -0.897. The molecule has 0 atom stereocenters. The van der Waals surface area contributed by atoms with E-state index >= 15 is 0 Å². The van der Waals surface area contributed by atoms with E-state index in [1.54, 1.807) is 18.2 Å². The van der Waals surface area contributed by atoms with Gasteiger partial charge >= 0.3 is 5.97 Å². The molecule has 2 aromatic carbocycles. The van der Waals surface area contributed by atoms with Gasteiger partial charge in [0, 0.05) is 29.4 Å². The van der Waals surface area contributed by atoms with E-state index in [0.29, 0.717) is 5.56 Å². The monoisotopic (exact) mass is 647 g/mol. The molecular formula is C17H16I3NO2. The van der Waals surface area contributed by atoms with Gasteiger partial charge in [0.2, 0.25) is 0 Å². The molecule has 3 nitrogen and oxygen atoms in total. The molecule has 0 saturated heterocycles. The lowest BCUT2D eigenvalue weighted by molar-refractivity contribution is 0.0697. The first-order valence-corrected chi connectivity index (χ1v) is 10.4. The van der Waals surface area contributed by atoms with Gasteiger partial charge in [-0.05, 0) is 105 Å². The average molecular weight is 647 g/mol. The van der Waals surface area contributed by atoms with Gasteiger partial charge in [-0.3, -0.25) is 0 Å². The Bertz CT molecular complexity index is 743. The number of aromatic carboxylic acids is 1. The van der Waals surface area contributed by atoms with Crippen molar-refractivity contribution < 1.29 is 9.90 Å². The maximum Gasteiger partial charge on any atom is 0.335 e. The Morgan fingerprint density at radius 2 is 1.74 bits per heavy atom. The second-order valence-corrected chi connectivity index (χ2v) is 8.34. The molecule has 0 aliphatic heterocycles. The minimum absolute atomic E-state index is 0.317. The number of hydrogen-bond acceptors (Lipinski definition) is 2. The third kappa shape index (κ3) is 4.12. The van der Waals surface area contributed by atoms with Gasteiger partial charge in [0.1, 0.15) is 0 Å². The molecule has 0 heterocycles. The van der Waals surface area contributed by atoms with E-state index < -0.39 is 5.97 Å². The van der Waals surface area contributed by atoms with Crippen molar-refractivity contribution in [1.29, 1.82) is 0 Å². The molecule has 0 unspecified atom stereocenters. The Balaban J connectivity index is 2.70. The van der Waals surface area contributed by atoms with Crippen LogP contribution in [0.4, 0.5) is 5.69 Å². The van der Waals surface area contributed by atoms with Gasteiger partial charge in [0.25, 0.3) is 0 Å². The van der Waals surface area contributed by atoms with Gasteiger partial charge in [0.15, 0.2) is 0 Å². The maximum absolute atomic E-state index is 11.3. The van der Waals surface area contributed by atoms with E-state index in [-0.39, 0.29) is 0 Å². The van der Waals surface area contributed by atoms with Gasteiger partial charge in [-0.15, -0.1) is 0 Å². The van der Waals surface area contributed by atoms with Gasteiger partial charge < -0.3 is 10.0 Å². The fourth-order valence-electron chi connectivity index (χ4n) is 2.48. The van der Waals surface area contributed by atoms with E-state index in [9.17, 15) is 9.90 Å². The van der Waals surface area contributed by atoms with Gasteiger partial charge in [-0.2, -0.15) is 0 Å². The summed E-state index contributed by atoms with van der Waals surface area (Å²) in [5, 5.41) is 9.24. The summed E-state index contributed by atoms with van der Waals surface area (Å²) < 4.78 is 3.53. The highest BCUT2D eigenvalue weighted by Gasteiger charge is 2.19. The number of carboxylic acid groups (broad SMARTS) is 1. The topological polar surface area (TPSA) is 40.5 Å². The summed E-state index contributed by atoms with van der Waals surface area (Å²) in [4.78, 5) is 13.6. The third-order valence-corrected chi connectivity index (χ3v) is 6.35. The normalized spacial score (nSPS) is 10.7. The van der Waals surface area contributed by atoms with Gasteiger partial charge in [-0.1, -0.05) is 12.1 Å². The summed E-state index contributed by atoms with van der Waals surface area (Å²) >= 11 is 7.10. The van der Waals surface area contributed by atoms with Crippen molar-refractivity contribution in [2.75, 3.05) is 18.0 Å². The minimum Gasteiger partial charge on any atom is -0.478 e. The third-order valence-electron chi connectivity index (χ3n) is 3.62. The lowest BCUT2D eigenvalue weighted by Gasteiger charge is -2.26.